The van der Waals surface area contributed by atoms with Crippen molar-refractivity contribution >= 4 is 22.8 Å². The third-order valence-electron chi connectivity index (χ3n) is 4.22. The van der Waals surface area contributed by atoms with Gasteiger partial charge in [-0.05, 0) is 36.6 Å². The van der Waals surface area contributed by atoms with Crippen LogP contribution in [0.5, 0.6) is 0 Å². The summed E-state index contributed by atoms with van der Waals surface area (Å²) in [7, 11) is 0. The number of amides is 1. The summed E-state index contributed by atoms with van der Waals surface area (Å²) in [5, 5.41) is 12.7. The maximum absolute atomic E-state index is 13.2. The van der Waals surface area contributed by atoms with Gasteiger partial charge in [0.05, 0.1) is 12.5 Å². The second kappa shape index (κ2) is 7.00. The Morgan fingerprint density at radius 3 is 3.00 bits per heavy atom. The van der Waals surface area contributed by atoms with E-state index >= 15 is 0 Å². The van der Waals surface area contributed by atoms with E-state index in [2.05, 4.69) is 10.3 Å². The van der Waals surface area contributed by atoms with Crippen LogP contribution in [0.3, 0.4) is 0 Å². The van der Waals surface area contributed by atoms with Gasteiger partial charge in [0.1, 0.15) is 11.9 Å². The van der Waals surface area contributed by atoms with Gasteiger partial charge < -0.3 is 20.1 Å². The highest BCUT2D eigenvalue weighted by Crippen LogP contribution is 2.21. The van der Waals surface area contributed by atoms with Crippen LogP contribution in [-0.4, -0.2) is 40.7 Å². The molecule has 2 atom stereocenters. The Balaban J connectivity index is 1.68. The predicted molar refractivity (Wildman–Crippen MR) is 85.1 cm³/mol. The number of rotatable bonds is 6. The molecule has 6 nitrogen and oxygen atoms in total. The van der Waals surface area contributed by atoms with Crippen molar-refractivity contribution in [2.24, 2.45) is 0 Å². The summed E-state index contributed by atoms with van der Waals surface area (Å²) in [6, 6.07) is 3.24. The number of halogens is 1. The molecule has 1 saturated heterocycles. The van der Waals surface area contributed by atoms with Crippen LogP contribution in [0.1, 0.15) is 24.8 Å². The van der Waals surface area contributed by atoms with Gasteiger partial charge in [-0.1, -0.05) is 0 Å². The topological polar surface area (TPSA) is 91.4 Å². The lowest BCUT2D eigenvalue weighted by atomic mass is 10.0. The minimum Gasteiger partial charge on any atom is -0.480 e. The molecule has 0 bridgehead atoms. The maximum atomic E-state index is 13.2. The molecule has 1 aliphatic heterocycles. The van der Waals surface area contributed by atoms with E-state index in [1.807, 2.05) is 0 Å². The van der Waals surface area contributed by atoms with E-state index in [0.29, 0.717) is 12.1 Å². The van der Waals surface area contributed by atoms with Crippen LogP contribution in [-0.2, 0) is 20.7 Å². The van der Waals surface area contributed by atoms with Crippen LogP contribution in [0.4, 0.5) is 4.39 Å². The molecule has 1 aromatic carbocycles. The highest BCUT2D eigenvalue weighted by Gasteiger charge is 2.25. The van der Waals surface area contributed by atoms with Gasteiger partial charge in [0.25, 0.3) is 0 Å². The van der Waals surface area contributed by atoms with E-state index in [1.54, 1.807) is 12.3 Å². The zero-order chi connectivity index (χ0) is 17.1. The molecular weight excluding hydrogens is 315 g/mol. The lowest BCUT2D eigenvalue weighted by Crippen LogP contribution is -2.43. The summed E-state index contributed by atoms with van der Waals surface area (Å²) in [5.74, 6) is -1.80. The van der Waals surface area contributed by atoms with Crippen molar-refractivity contribution in [1.82, 2.24) is 10.3 Å². The number of fused-ring (bicyclic) bond motifs is 1. The second-order valence-electron chi connectivity index (χ2n) is 6.01. The standard InChI is InChI=1S/C17H19FN2O4/c18-11-3-4-13-10(9-19-14(13)7-11)6-15(17(22)23)20-16(21)8-12-2-1-5-24-12/h3-4,7,9,12,15,19H,1-2,5-6,8H2,(H,20,21)(H,22,23)/t12-,15-/m0/s1. The van der Waals surface area contributed by atoms with Crippen LogP contribution in [0.15, 0.2) is 24.4 Å². The van der Waals surface area contributed by atoms with Crippen molar-refractivity contribution in [3.05, 3.63) is 35.8 Å². The molecule has 24 heavy (non-hydrogen) atoms. The van der Waals surface area contributed by atoms with Crippen molar-refractivity contribution in [2.45, 2.75) is 37.8 Å². The molecule has 0 unspecified atom stereocenters. The highest BCUT2D eigenvalue weighted by atomic mass is 19.1. The fourth-order valence-corrected chi connectivity index (χ4v) is 3.01. The van der Waals surface area contributed by atoms with Gasteiger partial charge in [0.2, 0.25) is 5.91 Å². The molecule has 0 spiro atoms. The molecule has 1 aliphatic rings. The number of hydrogen-bond donors (Lipinski definition) is 3. The molecular formula is C17H19FN2O4. The molecule has 1 amide bonds. The summed E-state index contributed by atoms with van der Waals surface area (Å²) in [5.41, 5.74) is 1.31. The number of carbonyl (C=O) groups is 2. The van der Waals surface area contributed by atoms with E-state index in [-0.39, 0.29) is 30.7 Å². The van der Waals surface area contributed by atoms with Gasteiger partial charge in [-0.15, -0.1) is 0 Å². The largest absolute Gasteiger partial charge is 0.480 e. The van der Waals surface area contributed by atoms with Gasteiger partial charge in [0, 0.05) is 30.1 Å². The van der Waals surface area contributed by atoms with Crippen molar-refractivity contribution < 1.29 is 23.8 Å². The third-order valence-corrected chi connectivity index (χ3v) is 4.22. The number of nitrogens with one attached hydrogen (secondary N) is 2. The first-order valence-electron chi connectivity index (χ1n) is 7.92. The minimum atomic E-state index is -1.10. The Kier molecular flexibility index (Phi) is 4.80. The summed E-state index contributed by atoms with van der Waals surface area (Å²) >= 11 is 0. The fraction of sp³-hybridized carbons (Fsp3) is 0.412. The van der Waals surface area contributed by atoms with E-state index in [9.17, 15) is 19.1 Å². The average molecular weight is 334 g/mol. The number of carboxylic acids is 1. The Morgan fingerprint density at radius 1 is 1.46 bits per heavy atom. The minimum absolute atomic E-state index is 0.123. The number of benzene rings is 1. The Labute approximate surface area is 138 Å². The smallest absolute Gasteiger partial charge is 0.326 e. The van der Waals surface area contributed by atoms with Crippen molar-refractivity contribution in [3.63, 3.8) is 0 Å². The fourth-order valence-electron chi connectivity index (χ4n) is 3.01. The molecule has 1 aromatic heterocycles. The maximum Gasteiger partial charge on any atom is 0.326 e. The predicted octanol–water partition coefficient (Wildman–Crippen LogP) is 1.99. The summed E-state index contributed by atoms with van der Waals surface area (Å²) in [6.07, 6.45) is 3.55. The normalized spacial score (nSPS) is 18.6. The third kappa shape index (κ3) is 3.73. The van der Waals surface area contributed by atoms with E-state index < -0.39 is 12.0 Å². The molecule has 128 valence electrons. The molecule has 3 N–H and O–H groups in total. The summed E-state index contributed by atoms with van der Waals surface area (Å²) < 4.78 is 18.6. The van der Waals surface area contributed by atoms with E-state index in [1.165, 1.54) is 12.1 Å². The number of H-pyrrole nitrogens is 1. The number of carbonyl (C=O) groups excluding carboxylic acids is 1. The Bertz CT molecular complexity index is 752. The molecule has 3 rings (SSSR count). The highest BCUT2D eigenvalue weighted by molar-refractivity contribution is 5.86. The second-order valence-corrected chi connectivity index (χ2v) is 6.01. The average Bonchev–Trinajstić information content (AvgIpc) is 3.16. The quantitative estimate of drug-likeness (QED) is 0.753. The number of aromatic nitrogens is 1. The Morgan fingerprint density at radius 2 is 2.29 bits per heavy atom. The zero-order valence-electron chi connectivity index (χ0n) is 13.0. The van der Waals surface area contributed by atoms with E-state index in [4.69, 9.17) is 4.74 Å². The van der Waals surface area contributed by atoms with Crippen LogP contribution >= 0.6 is 0 Å². The number of hydrogen-bond acceptors (Lipinski definition) is 3. The number of aromatic amines is 1. The molecule has 7 heteroatoms. The first-order valence-corrected chi connectivity index (χ1v) is 7.92. The van der Waals surface area contributed by atoms with Crippen LogP contribution in [0.2, 0.25) is 0 Å². The lowest BCUT2D eigenvalue weighted by molar-refractivity contribution is -0.142. The van der Waals surface area contributed by atoms with Gasteiger partial charge in [-0.3, -0.25) is 4.79 Å². The van der Waals surface area contributed by atoms with Gasteiger partial charge in [-0.2, -0.15) is 0 Å². The number of ether oxygens (including phenoxy) is 1. The molecule has 1 fully saturated rings. The molecule has 0 saturated carbocycles. The monoisotopic (exact) mass is 334 g/mol. The van der Waals surface area contributed by atoms with Gasteiger partial charge >= 0.3 is 5.97 Å². The lowest BCUT2D eigenvalue weighted by Gasteiger charge is -2.16. The van der Waals surface area contributed by atoms with Gasteiger partial charge in [0.15, 0.2) is 0 Å². The first-order chi connectivity index (χ1) is 11.5. The Hall–Kier alpha value is -2.41. The summed E-state index contributed by atoms with van der Waals surface area (Å²) in [4.78, 5) is 26.4. The van der Waals surface area contributed by atoms with Crippen LogP contribution in [0, 0.1) is 5.82 Å². The number of carboxylic acid groups (broad SMARTS) is 1. The van der Waals surface area contributed by atoms with Crippen LogP contribution < -0.4 is 5.32 Å². The SMILES string of the molecule is O=C(C[C@@H]1CCCO1)N[C@@H](Cc1c[nH]c2cc(F)ccc12)C(=O)O. The number of aliphatic carboxylic acids is 1. The molecule has 2 heterocycles. The van der Waals surface area contributed by atoms with Crippen molar-refractivity contribution in [2.75, 3.05) is 6.61 Å². The van der Waals surface area contributed by atoms with Gasteiger partial charge in [-0.25, -0.2) is 9.18 Å². The molecule has 0 aliphatic carbocycles. The summed E-state index contributed by atoms with van der Waals surface area (Å²) in [6.45, 7) is 0.645. The van der Waals surface area contributed by atoms with Crippen molar-refractivity contribution in [1.29, 1.82) is 0 Å². The van der Waals surface area contributed by atoms with E-state index in [0.717, 1.165) is 23.8 Å². The first kappa shape index (κ1) is 16.4. The van der Waals surface area contributed by atoms with Crippen LogP contribution in [0.25, 0.3) is 10.9 Å². The van der Waals surface area contributed by atoms with Crippen molar-refractivity contribution in [3.8, 4) is 0 Å². The molecule has 2 aromatic rings. The molecule has 0 radical (unpaired) electrons. The zero-order valence-corrected chi connectivity index (χ0v) is 13.0.